The lowest BCUT2D eigenvalue weighted by Crippen LogP contribution is -2.50. The average Bonchev–Trinajstić information content (AvgIpc) is 2.39. The standard InChI is InChI=1S/C13H20N4O2S/c1-11-4-2-3-5-12(11)20(18,19)17-8-6-16(7-9-17)10-13(14)15/h2-5H,6-10H2,1H3,(H3,14,15). The van der Waals surface area contributed by atoms with E-state index in [-0.39, 0.29) is 5.84 Å². The van der Waals surface area contributed by atoms with Gasteiger partial charge in [-0.3, -0.25) is 10.3 Å². The number of hydrogen-bond acceptors (Lipinski definition) is 4. The van der Waals surface area contributed by atoms with Gasteiger partial charge in [0.05, 0.1) is 11.4 Å². The third-order valence-corrected chi connectivity index (χ3v) is 5.50. The molecule has 0 spiro atoms. The molecule has 1 aromatic carbocycles. The molecular weight excluding hydrogens is 276 g/mol. The summed E-state index contributed by atoms with van der Waals surface area (Å²) in [7, 11) is -3.42. The fraction of sp³-hybridized carbons (Fsp3) is 0.462. The fourth-order valence-corrected chi connectivity index (χ4v) is 4.00. The van der Waals surface area contributed by atoms with Gasteiger partial charge < -0.3 is 5.73 Å². The third-order valence-electron chi connectivity index (χ3n) is 3.44. The van der Waals surface area contributed by atoms with E-state index in [1.165, 1.54) is 4.31 Å². The Labute approximate surface area is 119 Å². The number of rotatable bonds is 4. The van der Waals surface area contributed by atoms with Crippen LogP contribution in [0.2, 0.25) is 0 Å². The Morgan fingerprint density at radius 1 is 1.25 bits per heavy atom. The van der Waals surface area contributed by atoms with Crippen LogP contribution >= 0.6 is 0 Å². The van der Waals surface area contributed by atoms with Crippen molar-refractivity contribution in [3.05, 3.63) is 29.8 Å². The summed E-state index contributed by atoms with van der Waals surface area (Å²) in [5, 5.41) is 7.27. The first-order valence-corrected chi connectivity index (χ1v) is 7.96. The molecule has 1 heterocycles. The second-order valence-corrected chi connectivity index (χ2v) is 6.88. The summed E-state index contributed by atoms with van der Waals surface area (Å²) in [4.78, 5) is 2.37. The zero-order valence-corrected chi connectivity index (χ0v) is 12.4. The predicted octanol–water partition coefficient (Wildman–Crippen LogP) is 0.237. The monoisotopic (exact) mass is 296 g/mol. The van der Waals surface area contributed by atoms with Crippen molar-refractivity contribution in [2.45, 2.75) is 11.8 Å². The third kappa shape index (κ3) is 3.17. The van der Waals surface area contributed by atoms with Crippen molar-refractivity contribution >= 4 is 15.9 Å². The lowest BCUT2D eigenvalue weighted by atomic mass is 10.2. The topological polar surface area (TPSA) is 90.5 Å². The van der Waals surface area contributed by atoms with E-state index >= 15 is 0 Å². The van der Waals surface area contributed by atoms with Crippen LogP contribution in [0, 0.1) is 12.3 Å². The van der Waals surface area contributed by atoms with Crippen LogP contribution in [0.5, 0.6) is 0 Å². The second-order valence-electron chi connectivity index (χ2n) is 4.97. The molecule has 0 atom stereocenters. The summed E-state index contributed by atoms with van der Waals surface area (Å²) < 4.78 is 26.7. The minimum Gasteiger partial charge on any atom is -0.387 e. The smallest absolute Gasteiger partial charge is 0.243 e. The van der Waals surface area contributed by atoms with Gasteiger partial charge in [-0.25, -0.2) is 8.42 Å². The van der Waals surface area contributed by atoms with Crippen molar-refractivity contribution < 1.29 is 8.42 Å². The maximum atomic E-state index is 12.6. The van der Waals surface area contributed by atoms with Gasteiger partial charge in [0.2, 0.25) is 10.0 Å². The molecule has 1 saturated heterocycles. The molecule has 0 bridgehead atoms. The van der Waals surface area contributed by atoms with Crippen molar-refractivity contribution in [3.8, 4) is 0 Å². The Morgan fingerprint density at radius 3 is 2.40 bits per heavy atom. The number of hydrogen-bond donors (Lipinski definition) is 2. The van der Waals surface area contributed by atoms with Crippen LogP contribution in [0.25, 0.3) is 0 Å². The minimum absolute atomic E-state index is 0.111. The van der Waals surface area contributed by atoms with E-state index in [0.29, 0.717) is 37.6 Å². The quantitative estimate of drug-likeness (QED) is 0.615. The molecule has 0 saturated carbocycles. The van der Waals surface area contributed by atoms with Gasteiger partial charge in [-0.15, -0.1) is 0 Å². The van der Waals surface area contributed by atoms with Gasteiger partial charge in [-0.1, -0.05) is 18.2 Å². The van der Waals surface area contributed by atoms with Crippen LogP contribution in [0.15, 0.2) is 29.2 Å². The number of benzene rings is 1. The highest BCUT2D eigenvalue weighted by molar-refractivity contribution is 7.89. The number of nitrogens with one attached hydrogen (secondary N) is 1. The number of amidine groups is 1. The van der Waals surface area contributed by atoms with Gasteiger partial charge in [0, 0.05) is 26.2 Å². The van der Waals surface area contributed by atoms with Crippen LogP contribution < -0.4 is 5.73 Å². The first-order chi connectivity index (χ1) is 9.41. The maximum absolute atomic E-state index is 12.6. The molecule has 1 fully saturated rings. The maximum Gasteiger partial charge on any atom is 0.243 e. The summed E-state index contributed by atoms with van der Waals surface area (Å²) in [5.41, 5.74) is 6.13. The van der Waals surface area contributed by atoms with Crippen LogP contribution in [0.1, 0.15) is 5.56 Å². The van der Waals surface area contributed by atoms with Gasteiger partial charge in [0.1, 0.15) is 5.84 Å². The zero-order chi connectivity index (χ0) is 14.8. The number of nitrogens with zero attached hydrogens (tertiary/aromatic N) is 2. The summed E-state index contributed by atoms with van der Waals surface area (Å²) in [6.45, 7) is 4.28. The molecule has 1 aliphatic rings. The first kappa shape index (κ1) is 15.0. The lowest BCUT2D eigenvalue weighted by Gasteiger charge is -2.33. The van der Waals surface area contributed by atoms with Crippen molar-refractivity contribution in [1.29, 1.82) is 5.41 Å². The van der Waals surface area contributed by atoms with E-state index < -0.39 is 10.0 Å². The van der Waals surface area contributed by atoms with Gasteiger partial charge in [0.15, 0.2) is 0 Å². The molecule has 0 radical (unpaired) electrons. The molecule has 6 nitrogen and oxygen atoms in total. The van der Waals surface area contributed by atoms with Crippen LogP contribution in [0.4, 0.5) is 0 Å². The molecule has 2 rings (SSSR count). The number of aryl methyl sites for hydroxylation is 1. The SMILES string of the molecule is Cc1ccccc1S(=O)(=O)N1CCN(CC(=N)N)CC1. The molecule has 0 unspecified atom stereocenters. The Bertz CT molecular complexity index is 592. The highest BCUT2D eigenvalue weighted by Gasteiger charge is 2.29. The van der Waals surface area contributed by atoms with Gasteiger partial charge in [-0.05, 0) is 18.6 Å². The number of sulfonamides is 1. The van der Waals surface area contributed by atoms with Gasteiger partial charge in [0.25, 0.3) is 0 Å². The summed E-state index contributed by atoms with van der Waals surface area (Å²) in [6.07, 6.45) is 0. The Morgan fingerprint density at radius 2 is 1.85 bits per heavy atom. The molecule has 1 aliphatic heterocycles. The molecule has 20 heavy (non-hydrogen) atoms. The van der Waals surface area contributed by atoms with Crippen LogP contribution in [-0.4, -0.2) is 56.2 Å². The zero-order valence-electron chi connectivity index (χ0n) is 11.5. The normalized spacial score (nSPS) is 18.1. The van der Waals surface area contributed by atoms with Crippen molar-refractivity contribution in [1.82, 2.24) is 9.21 Å². The van der Waals surface area contributed by atoms with E-state index in [4.69, 9.17) is 11.1 Å². The average molecular weight is 296 g/mol. The Kier molecular flexibility index (Phi) is 4.42. The summed E-state index contributed by atoms with van der Waals surface area (Å²) in [6, 6.07) is 7.02. The van der Waals surface area contributed by atoms with E-state index in [9.17, 15) is 8.42 Å². The molecule has 0 aliphatic carbocycles. The highest BCUT2D eigenvalue weighted by Crippen LogP contribution is 2.20. The van der Waals surface area contributed by atoms with Crippen molar-refractivity contribution in [2.24, 2.45) is 5.73 Å². The number of piperazine rings is 1. The predicted molar refractivity (Wildman–Crippen MR) is 78.3 cm³/mol. The van der Waals surface area contributed by atoms with E-state index in [2.05, 4.69) is 0 Å². The van der Waals surface area contributed by atoms with E-state index in [1.807, 2.05) is 11.0 Å². The van der Waals surface area contributed by atoms with Crippen molar-refractivity contribution in [3.63, 3.8) is 0 Å². The van der Waals surface area contributed by atoms with Crippen LogP contribution in [-0.2, 0) is 10.0 Å². The van der Waals surface area contributed by atoms with E-state index in [1.54, 1.807) is 25.1 Å². The molecule has 1 aromatic rings. The van der Waals surface area contributed by atoms with E-state index in [0.717, 1.165) is 5.56 Å². The van der Waals surface area contributed by atoms with Gasteiger partial charge >= 0.3 is 0 Å². The molecular formula is C13H20N4O2S. The summed E-state index contributed by atoms with van der Waals surface area (Å²) in [5.74, 6) is 0.111. The van der Waals surface area contributed by atoms with Crippen molar-refractivity contribution in [2.75, 3.05) is 32.7 Å². The second kappa shape index (κ2) is 5.90. The molecule has 0 aromatic heterocycles. The summed E-state index contributed by atoms with van der Waals surface area (Å²) >= 11 is 0. The fourth-order valence-electron chi connectivity index (χ4n) is 2.35. The Hall–Kier alpha value is -1.44. The molecule has 0 amide bonds. The Balaban J connectivity index is 2.10. The highest BCUT2D eigenvalue weighted by atomic mass is 32.2. The lowest BCUT2D eigenvalue weighted by molar-refractivity contribution is 0.208. The molecule has 110 valence electrons. The molecule has 3 N–H and O–H groups in total. The molecule has 7 heteroatoms. The number of nitrogens with two attached hydrogens (primary N) is 1. The first-order valence-electron chi connectivity index (χ1n) is 6.52. The largest absolute Gasteiger partial charge is 0.387 e. The van der Waals surface area contributed by atoms with Crippen LogP contribution in [0.3, 0.4) is 0 Å². The van der Waals surface area contributed by atoms with Gasteiger partial charge in [-0.2, -0.15) is 4.31 Å². The minimum atomic E-state index is -3.42.